The molecule has 0 fully saturated rings. The molecule has 0 unspecified atom stereocenters. The fourth-order valence-corrected chi connectivity index (χ4v) is 1.39. The van der Waals surface area contributed by atoms with Gasteiger partial charge in [-0.3, -0.25) is 4.90 Å². The summed E-state index contributed by atoms with van der Waals surface area (Å²) in [5.74, 6) is -3.00. The van der Waals surface area contributed by atoms with Crippen molar-refractivity contribution >= 4 is 18.0 Å². The first-order chi connectivity index (χ1) is 8.40. The molecule has 0 atom stereocenters. The summed E-state index contributed by atoms with van der Waals surface area (Å²) >= 11 is 0. The second-order valence-electron chi connectivity index (χ2n) is 3.33. The number of rotatable bonds is 2. The molecule has 0 saturated carbocycles. The molecule has 2 N–H and O–H groups in total. The lowest BCUT2D eigenvalue weighted by molar-refractivity contribution is -0.136. The van der Waals surface area contributed by atoms with Crippen LogP contribution in [0.4, 0.5) is 4.79 Å². The Bertz CT molecular complexity index is 514. The van der Waals surface area contributed by atoms with E-state index in [1.807, 2.05) is 0 Å². The molecule has 0 aromatic heterocycles. The molecule has 0 aliphatic carbocycles. The maximum atomic E-state index is 11.7. The highest BCUT2D eigenvalue weighted by Crippen LogP contribution is 2.19. The first kappa shape index (κ1) is 13.2. The summed E-state index contributed by atoms with van der Waals surface area (Å²) in [7, 11) is 1.15. The number of hydrogen-bond acceptors (Lipinski definition) is 4. The van der Waals surface area contributed by atoms with Crippen molar-refractivity contribution in [2.75, 3.05) is 13.6 Å². The summed E-state index contributed by atoms with van der Waals surface area (Å²) in [6, 6.07) is -0.905. The van der Waals surface area contributed by atoms with Gasteiger partial charge >= 0.3 is 18.0 Å². The van der Waals surface area contributed by atoms with Gasteiger partial charge in [-0.2, -0.15) is 5.26 Å². The maximum absolute atomic E-state index is 11.7. The van der Waals surface area contributed by atoms with Crippen LogP contribution in [0.15, 0.2) is 23.4 Å². The molecule has 0 bridgehead atoms. The topological polar surface area (TPSA) is 122 Å². The third-order valence-electron chi connectivity index (χ3n) is 2.20. The summed E-state index contributed by atoms with van der Waals surface area (Å²) < 4.78 is 0. The molecule has 8 nitrogen and oxygen atoms in total. The van der Waals surface area contributed by atoms with Crippen molar-refractivity contribution in [2.45, 2.75) is 0 Å². The Morgan fingerprint density at radius 1 is 1.39 bits per heavy atom. The fourth-order valence-electron chi connectivity index (χ4n) is 1.39. The van der Waals surface area contributed by atoms with Gasteiger partial charge in [0.25, 0.3) is 0 Å². The van der Waals surface area contributed by atoms with E-state index in [1.165, 1.54) is 12.3 Å². The van der Waals surface area contributed by atoms with Crippen LogP contribution in [-0.4, -0.2) is 51.6 Å². The molecule has 0 spiro atoms. The van der Waals surface area contributed by atoms with Crippen LogP contribution in [0.3, 0.4) is 0 Å². The second-order valence-corrected chi connectivity index (χ2v) is 3.33. The summed E-state index contributed by atoms with van der Waals surface area (Å²) in [6.45, 7) is -0.108. The van der Waals surface area contributed by atoms with Crippen LogP contribution in [0, 0.1) is 11.5 Å². The average molecular weight is 251 g/mol. The van der Waals surface area contributed by atoms with E-state index < -0.39 is 29.2 Å². The van der Waals surface area contributed by atoms with E-state index in [-0.39, 0.29) is 6.54 Å². The van der Waals surface area contributed by atoms with Crippen molar-refractivity contribution < 1.29 is 24.6 Å². The Kier molecular flexibility index (Phi) is 3.68. The Morgan fingerprint density at radius 2 is 2.00 bits per heavy atom. The monoisotopic (exact) mass is 251 g/mol. The Balaban J connectivity index is 3.27. The summed E-state index contributed by atoms with van der Waals surface area (Å²) in [5, 5.41) is 26.4. The summed E-state index contributed by atoms with van der Waals surface area (Å²) in [5.41, 5.74) is -1.16. The zero-order valence-electron chi connectivity index (χ0n) is 9.32. The number of hydrogen-bond donors (Lipinski definition) is 2. The van der Waals surface area contributed by atoms with E-state index >= 15 is 0 Å². The molecular formula is C10H9N3O5. The highest BCUT2D eigenvalue weighted by molar-refractivity contribution is 6.03. The third kappa shape index (κ3) is 2.30. The lowest BCUT2D eigenvalue weighted by Gasteiger charge is -2.26. The van der Waals surface area contributed by atoms with E-state index in [9.17, 15) is 14.4 Å². The Morgan fingerprint density at radius 3 is 2.44 bits per heavy atom. The quantitative estimate of drug-likeness (QED) is 0.518. The minimum atomic E-state index is -1.54. The number of carbonyl (C=O) groups is 3. The molecule has 1 rings (SSSR count). The van der Waals surface area contributed by atoms with Gasteiger partial charge in [-0.25, -0.2) is 19.3 Å². The Labute approximate surface area is 102 Å². The number of carboxylic acids is 2. The van der Waals surface area contributed by atoms with Crippen molar-refractivity contribution in [3.63, 3.8) is 0 Å². The fraction of sp³-hybridized carbons (Fsp3) is 0.200. The number of aliphatic carboxylic acids is 2. The highest BCUT2D eigenvalue weighted by Gasteiger charge is 2.32. The standard InChI is InChI=1S/C10H9N3O5/c1-12(5-11)10(18)13-4-2-3-6(8(14)15)7(13)9(16)17/h2-3H,4H2,1H3,(H,14,15)(H,16,17). The molecule has 0 radical (unpaired) electrons. The maximum Gasteiger partial charge on any atom is 0.353 e. The van der Waals surface area contributed by atoms with Crippen LogP contribution in [0.2, 0.25) is 0 Å². The van der Waals surface area contributed by atoms with Crippen LogP contribution in [0.1, 0.15) is 0 Å². The van der Waals surface area contributed by atoms with Crippen molar-refractivity contribution in [1.29, 1.82) is 5.26 Å². The van der Waals surface area contributed by atoms with E-state index in [0.717, 1.165) is 18.0 Å². The van der Waals surface area contributed by atoms with Gasteiger partial charge in [-0.15, -0.1) is 0 Å². The third-order valence-corrected chi connectivity index (χ3v) is 2.20. The number of carbonyl (C=O) groups excluding carboxylic acids is 1. The van der Waals surface area contributed by atoms with Crippen LogP contribution < -0.4 is 0 Å². The van der Waals surface area contributed by atoms with Gasteiger partial charge in [0.15, 0.2) is 6.19 Å². The van der Waals surface area contributed by atoms with Gasteiger partial charge in [0.05, 0.1) is 5.57 Å². The molecule has 1 aliphatic heterocycles. The Hall–Kier alpha value is -2.82. The molecule has 0 saturated heterocycles. The van der Waals surface area contributed by atoms with Crippen LogP contribution in [0.5, 0.6) is 0 Å². The normalized spacial score (nSPS) is 14.1. The first-order valence-corrected chi connectivity index (χ1v) is 4.72. The van der Waals surface area contributed by atoms with Gasteiger partial charge in [0.2, 0.25) is 0 Å². The molecule has 0 aromatic carbocycles. The van der Waals surface area contributed by atoms with E-state index in [1.54, 1.807) is 0 Å². The van der Waals surface area contributed by atoms with Crippen LogP contribution in [-0.2, 0) is 9.59 Å². The molecule has 18 heavy (non-hydrogen) atoms. The molecule has 1 heterocycles. The summed E-state index contributed by atoms with van der Waals surface area (Å²) in [6.07, 6.45) is 3.97. The van der Waals surface area contributed by atoms with Gasteiger partial charge in [0, 0.05) is 13.6 Å². The van der Waals surface area contributed by atoms with E-state index in [2.05, 4.69) is 0 Å². The molecule has 94 valence electrons. The predicted molar refractivity (Wildman–Crippen MR) is 56.9 cm³/mol. The van der Waals surface area contributed by atoms with Gasteiger partial charge in [-0.05, 0) is 6.08 Å². The van der Waals surface area contributed by atoms with E-state index in [4.69, 9.17) is 15.5 Å². The number of amides is 2. The number of nitrogens with zero attached hydrogens (tertiary/aromatic N) is 3. The minimum Gasteiger partial charge on any atom is -0.478 e. The molecule has 2 amide bonds. The van der Waals surface area contributed by atoms with Crippen molar-refractivity contribution in [3.05, 3.63) is 23.4 Å². The smallest absolute Gasteiger partial charge is 0.353 e. The number of urea groups is 1. The lowest BCUT2D eigenvalue weighted by Crippen LogP contribution is -2.42. The largest absolute Gasteiger partial charge is 0.478 e. The van der Waals surface area contributed by atoms with Crippen molar-refractivity contribution in [2.24, 2.45) is 0 Å². The van der Waals surface area contributed by atoms with E-state index in [0.29, 0.717) is 4.90 Å². The van der Waals surface area contributed by atoms with Gasteiger partial charge in [0.1, 0.15) is 5.70 Å². The lowest BCUT2D eigenvalue weighted by atomic mass is 10.1. The van der Waals surface area contributed by atoms with Crippen LogP contribution in [0.25, 0.3) is 0 Å². The number of nitriles is 1. The van der Waals surface area contributed by atoms with Gasteiger partial charge in [-0.1, -0.05) is 6.08 Å². The van der Waals surface area contributed by atoms with Gasteiger partial charge < -0.3 is 10.2 Å². The predicted octanol–water partition coefficient (Wildman–Crippen LogP) is -0.186. The molecule has 8 heteroatoms. The average Bonchev–Trinajstić information content (AvgIpc) is 2.35. The zero-order chi connectivity index (χ0) is 13.9. The molecule has 1 aliphatic rings. The minimum absolute atomic E-state index is 0.108. The molecular weight excluding hydrogens is 242 g/mol. The van der Waals surface area contributed by atoms with Crippen LogP contribution >= 0.6 is 0 Å². The SMILES string of the molecule is CN(C#N)C(=O)N1CC=CC(C(=O)O)=C1C(=O)O. The molecule has 0 aromatic rings. The van der Waals surface area contributed by atoms with Crippen molar-refractivity contribution in [1.82, 2.24) is 9.80 Å². The number of carboxylic acid groups (broad SMARTS) is 2. The second kappa shape index (κ2) is 5.01. The highest BCUT2D eigenvalue weighted by atomic mass is 16.4. The van der Waals surface area contributed by atoms with Crippen molar-refractivity contribution in [3.8, 4) is 6.19 Å². The summed E-state index contributed by atoms with van der Waals surface area (Å²) in [4.78, 5) is 35.0. The zero-order valence-corrected chi connectivity index (χ0v) is 9.32. The first-order valence-electron chi connectivity index (χ1n) is 4.72.